The predicted molar refractivity (Wildman–Crippen MR) is 79.0 cm³/mol. The zero-order chi connectivity index (χ0) is 14.5. The first-order valence-corrected chi connectivity index (χ1v) is 6.88. The topological polar surface area (TPSA) is 59.9 Å². The Morgan fingerprint density at radius 2 is 2.20 bits per heavy atom. The summed E-state index contributed by atoms with van der Waals surface area (Å²) in [7, 11) is 0. The van der Waals surface area contributed by atoms with Crippen molar-refractivity contribution in [1.82, 2.24) is 9.88 Å². The van der Waals surface area contributed by atoms with E-state index in [9.17, 15) is 4.79 Å². The summed E-state index contributed by atoms with van der Waals surface area (Å²) in [6.45, 7) is 4.90. The number of likely N-dealkylation sites (N-methyl/N-ethyl adjacent to an activating group) is 1. The molecule has 0 spiro atoms. The smallest absolute Gasteiger partial charge is 0.227 e. The summed E-state index contributed by atoms with van der Waals surface area (Å²) in [5.74, 6) is -0.0683. The van der Waals surface area contributed by atoms with Crippen LogP contribution in [0.15, 0.2) is 30.5 Å². The Hall–Kier alpha value is -2.28. The van der Waals surface area contributed by atoms with Crippen molar-refractivity contribution < 1.29 is 4.79 Å². The van der Waals surface area contributed by atoms with E-state index in [0.29, 0.717) is 19.5 Å². The molecule has 1 heterocycles. The van der Waals surface area contributed by atoms with Crippen molar-refractivity contribution in [3.8, 4) is 6.07 Å². The number of H-pyrrole nitrogens is 1. The fourth-order valence-corrected chi connectivity index (χ4v) is 2.33. The van der Waals surface area contributed by atoms with Gasteiger partial charge in [0.2, 0.25) is 5.91 Å². The molecule has 0 bridgehead atoms. The highest BCUT2D eigenvalue weighted by molar-refractivity contribution is 5.88. The Morgan fingerprint density at radius 1 is 1.45 bits per heavy atom. The molecule has 0 aliphatic carbocycles. The van der Waals surface area contributed by atoms with E-state index in [1.165, 1.54) is 0 Å². The van der Waals surface area contributed by atoms with E-state index in [1.807, 2.05) is 44.3 Å². The summed E-state index contributed by atoms with van der Waals surface area (Å²) in [4.78, 5) is 17.3. The molecule has 2 rings (SSSR count). The summed E-state index contributed by atoms with van der Waals surface area (Å²) in [6, 6.07) is 10.1. The van der Waals surface area contributed by atoms with Crippen LogP contribution in [0.3, 0.4) is 0 Å². The number of aromatic amines is 1. The van der Waals surface area contributed by atoms with E-state index >= 15 is 0 Å². The minimum Gasteiger partial charge on any atom is -0.361 e. The number of carbonyl (C=O) groups excluding carboxylic acids is 1. The molecule has 1 unspecified atom stereocenters. The molecule has 4 heteroatoms. The van der Waals surface area contributed by atoms with Gasteiger partial charge in [0.05, 0.1) is 18.4 Å². The molecule has 0 aliphatic rings. The van der Waals surface area contributed by atoms with Crippen LogP contribution in [0.25, 0.3) is 10.9 Å². The van der Waals surface area contributed by atoms with E-state index in [4.69, 9.17) is 5.26 Å². The SMILES string of the molecule is CCN(CC(C)C#N)C(=O)Cc1c[nH]c2ccccc12. The van der Waals surface area contributed by atoms with Gasteiger partial charge >= 0.3 is 0 Å². The number of aromatic nitrogens is 1. The Bertz CT molecular complexity index is 638. The van der Waals surface area contributed by atoms with Gasteiger partial charge in [0, 0.05) is 30.2 Å². The van der Waals surface area contributed by atoms with Crippen LogP contribution in [-0.4, -0.2) is 28.9 Å². The molecule has 0 aliphatic heterocycles. The quantitative estimate of drug-likeness (QED) is 0.907. The third-order valence-corrected chi connectivity index (χ3v) is 3.47. The van der Waals surface area contributed by atoms with Crippen molar-refractivity contribution in [1.29, 1.82) is 5.26 Å². The fourth-order valence-electron chi connectivity index (χ4n) is 2.33. The monoisotopic (exact) mass is 269 g/mol. The number of nitriles is 1. The van der Waals surface area contributed by atoms with Gasteiger partial charge in [-0.2, -0.15) is 5.26 Å². The molecular formula is C16H19N3O. The number of rotatable bonds is 5. The van der Waals surface area contributed by atoms with Crippen molar-refractivity contribution in [2.24, 2.45) is 5.92 Å². The molecule has 1 amide bonds. The van der Waals surface area contributed by atoms with E-state index in [2.05, 4.69) is 11.1 Å². The molecular weight excluding hydrogens is 250 g/mol. The highest BCUT2D eigenvalue weighted by Crippen LogP contribution is 2.18. The van der Waals surface area contributed by atoms with Gasteiger partial charge < -0.3 is 9.88 Å². The van der Waals surface area contributed by atoms with Gasteiger partial charge in [-0.3, -0.25) is 4.79 Å². The lowest BCUT2D eigenvalue weighted by molar-refractivity contribution is -0.130. The maximum absolute atomic E-state index is 12.3. The Labute approximate surface area is 119 Å². The van der Waals surface area contributed by atoms with Crippen LogP contribution in [0.4, 0.5) is 0 Å². The van der Waals surface area contributed by atoms with Crippen molar-refractivity contribution >= 4 is 16.8 Å². The van der Waals surface area contributed by atoms with Gasteiger partial charge in [-0.25, -0.2) is 0 Å². The maximum atomic E-state index is 12.3. The third-order valence-electron chi connectivity index (χ3n) is 3.47. The van der Waals surface area contributed by atoms with Gasteiger partial charge in [-0.1, -0.05) is 18.2 Å². The summed E-state index contributed by atoms with van der Waals surface area (Å²) >= 11 is 0. The van der Waals surface area contributed by atoms with Crippen LogP contribution in [-0.2, 0) is 11.2 Å². The summed E-state index contributed by atoms with van der Waals surface area (Å²) in [5.41, 5.74) is 2.05. The van der Waals surface area contributed by atoms with E-state index < -0.39 is 0 Å². The Morgan fingerprint density at radius 3 is 2.90 bits per heavy atom. The van der Waals surface area contributed by atoms with Gasteiger partial charge in [-0.05, 0) is 25.5 Å². The van der Waals surface area contributed by atoms with E-state index in [1.54, 1.807) is 4.90 Å². The maximum Gasteiger partial charge on any atom is 0.227 e. The van der Waals surface area contributed by atoms with E-state index in [-0.39, 0.29) is 11.8 Å². The molecule has 1 aromatic heterocycles. The second-order valence-corrected chi connectivity index (χ2v) is 5.00. The largest absolute Gasteiger partial charge is 0.361 e. The molecule has 1 aromatic carbocycles. The molecule has 0 saturated heterocycles. The molecule has 0 saturated carbocycles. The normalized spacial score (nSPS) is 12.1. The number of fused-ring (bicyclic) bond motifs is 1. The van der Waals surface area contributed by atoms with Crippen molar-refractivity contribution in [3.63, 3.8) is 0 Å². The molecule has 1 atom stereocenters. The number of benzene rings is 1. The number of para-hydroxylation sites is 1. The molecule has 20 heavy (non-hydrogen) atoms. The number of amides is 1. The lowest BCUT2D eigenvalue weighted by atomic mass is 10.1. The van der Waals surface area contributed by atoms with Gasteiger partial charge in [0.15, 0.2) is 0 Å². The fraction of sp³-hybridized carbons (Fsp3) is 0.375. The number of hydrogen-bond acceptors (Lipinski definition) is 2. The van der Waals surface area contributed by atoms with Gasteiger partial charge in [-0.15, -0.1) is 0 Å². The third kappa shape index (κ3) is 3.00. The first kappa shape index (κ1) is 14.1. The summed E-state index contributed by atoms with van der Waals surface area (Å²) in [5, 5.41) is 9.95. The summed E-state index contributed by atoms with van der Waals surface area (Å²) in [6.07, 6.45) is 2.26. The molecule has 2 aromatic rings. The number of carbonyl (C=O) groups is 1. The number of nitrogens with zero attached hydrogens (tertiary/aromatic N) is 2. The minimum absolute atomic E-state index is 0.0688. The Balaban J connectivity index is 2.12. The van der Waals surface area contributed by atoms with Crippen LogP contribution in [0.1, 0.15) is 19.4 Å². The van der Waals surface area contributed by atoms with Crippen molar-refractivity contribution in [3.05, 3.63) is 36.0 Å². The van der Waals surface area contributed by atoms with Gasteiger partial charge in [0.1, 0.15) is 0 Å². The first-order valence-electron chi connectivity index (χ1n) is 6.88. The van der Waals surface area contributed by atoms with Crippen molar-refractivity contribution in [2.75, 3.05) is 13.1 Å². The molecule has 0 fully saturated rings. The van der Waals surface area contributed by atoms with Crippen LogP contribution in [0, 0.1) is 17.2 Å². The lowest BCUT2D eigenvalue weighted by Gasteiger charge is -2.21. The van der Waals surface area contributed by atoms with Gasteiger partial charge in [0.25, 0.3) is 0 Å². The molecule has 104 valence electrons. The highest BCUT2D eigenvalue weighted by atomic mass is 16.2. The molecule has 0 radical (unpaired) electrons. The zero-order valence-electron chi connectivity index (χ0n) is 11.9. The molecule has 1 N–H and O–H groups in total. The van der Waals surface area contributed by atoms with Crippen LogP contribution < -0.4 is 0 Å². The summed E-state index contributed by atoms with van der Waals surface area (Å²) < 4.78 is 0. The van der Waals surface area contributed by atoms with Crippen LogP contribution in [0.5, 0.6) is 0 Å². The number of nitrogens with one attached hydrogen (secondary N) is 1. The second-order valence-electron chi connectivity index (χ2n) is 5.00. The predicted octanol–water partition coefficient (Wildman–Crippen LogP) is 2.72. The van der Waals surface area contributed by atoms with Crippen LogP contribution in [0.2, 0.25) is 0 Å². The molecule has 4 nitrogen and oxygen atoms in total. The lowest BCUT2D eigenvalue weighted by Crippen LogP contribution is -2.35. The Kier molecular flexibility index (Phi) is 4.41. The number of hydrogen-bond donors (Lipinski definition) is 1. The van der Waals surface area contributed by atoms with Crippen LogP contribution >= 0.6 is 0 Å². The average Bonchev–Trinajstić information content (AvgIpc) is 2.87. The first-order chi connectivity index (χ1) is 9.65. The van der Waals surface area contributed by atoms with Crippen molar-refractivity contribution in [2.45, 2.75) is 20.3 Å². The second kappa shape index (κ2) is 6.25. The minimum atomic E-state index is -0.137. The highest BCUT2D eigenvalue weighted by Gasteiger charge is 2.16. The average molecular weight is 269 g/mol. The zero-order valence-corrected chi connectivity index (χ0v) is 11.9. The van der Waals surface area contributed by atoms with E-state index in [0.717, 1.165) is 16.5 Å². The standard InChI is InChI=1S/C16H19N3O/c1-3-19(11-12(2)9-17)16(20)8-13-10-18-15-7-5-4-6-14(13)15/h4-7,10,12,18H,3,8,11H2,1-2H3.